The fourth-order valence-electron chi connectivity index (χ4n) is 3.53. The molecule has 5 heteroatoms. The highest BCUT2D eigenvalue weighted by atomic mass is 16.5. The highest BCUT2D eigenvalue weighted by molar-refractivity contribution is 5.90. The predicted octanol–water partition coefficient (Wildman–Crippen LogP) is 7.47. The van der Waals surface area contributed by atoms with Crippen LogP contribution in [0.5, 0.6) is 11.6 Å². The van der Waals surface area contributed by atoms with Crippen LogP contribution < -0.4 is 9.47 Å². The largest absolute Gasteiger partial charge is 0.493 e. The minimum atomic E-state index is -0.439. The Kier molecular flexibility index (Phi) is 10.5. The summed E-state index contributed by atoms with van der Waals surface area (Å²) in [5, 5.41) is 0. The van der Waals surface area contributed by atoms with E-state index in [0.29, 0.717) is 23.8 Å². The summed E-state index contributed by atoms with van der Waals surface area (Å²) < 4.78 is 11.2. The first-order valence-corrected chi connectivity index (χ1v) is 12.6. The SMILES string of the molecule is C=CCCCCCCc1ccc(C(=O)Oc2cnc(-c3ccc(OC[C@@H](C)CC)cc3)cn2)cc1. The molecule has 1 heterocycles. The van der Waals surface area contributed by atoms with Gasteiger partial charge in [-0.15, -0.1) is 6.58 Å². The average Bonchev–Trinajstić information content (AvgIpc) is 2.90. The van der Waals surface area contributed by atoms with Crippen molar-refractivity contribution < 1.29 is 14.3 Å². The van der Waals surface area contributed by atoms with E-state index < -0.39 is 5.97 Å². The van der Waals surface area contributed by atoms with E-state index in [1.54, 1.807) is 6.20 Å². The summed E-state index contributed by atoms with van der Waals surface area (Å²) in [6, 6.07) is 15.4. The first-order chi connectivity index (χ1) is 17.1. The van der Waals surface area contributed by atoms with E-state index in [-0.39, 0.29) is 5.88 Å². The van der Waals surface area contributed by atoms with Gasteiger partial charge in [0.2, 0.25) is 5.88 Å². The molecule has 2 aromatic carbocycles. The number of allylic oxidation sites excluding steroid dienone is 1. The molecule has 1 aromatic heterocycles. The zero-order valence-electron chi connectivity index (χ0n) is 20.9. The number of carbonyl (C=O) groups excluding carboxylic acids is 1. The van der Waals surface area contributed by atoms with Crippen LogP contribution in [-0.2, 0) is 6.42 Å². The number of aromatic nitrogens is 2. The van der Waals surface area contributed by atoms with Crippen molar-refractivity contribution in [1.29, 1.82) is 0 Å². The summed E-state index contributed by atoms with van der Waals surface area (Å²) in [4.78, 5) is 21.2. The lowest BCUT2D eigenvalue weighted by Gasteiger charge is -2.11. The van der Waals surface area contributed by atoms with Gasteiger partial charge in [0, 0.05) is 5.56 Å². The molecule has 0 saturated heterocycles. The van der Waals surface area contributed by atoms with Crippen molar-refractivity contribution in [2.45, 2.75) is 58.8 Å². The van der Waals surface area contributed by atoms with E-state index in [1.165, 1.54) is 31.0 Å². The summed E-state index contributed by atoms with van der Waals surface area (Å²) in [6.07, 6.45) is 13.0. The number of unbranched alkanes of at least 4 members (excludes halogenated alkanes) is 4. The number of carbonyl (C=O) groups is 1. The van der Waals surface area contributed by atoms with E-state index in [9.17, 15) is 4.79 Å². The minimum Gasteiger partial charge on any atom is -0.493 e. The Hall–Kier alpha value is -3.47. The lowest BCUT2D eigenvalue weighted by Crippen LogP contribution is -2.09. The van der Waals surface area contributed by atoms with Crippen LogP contribution in [0.3, 0.4) is 0 Å². The molecule has 3 rings (SSSR count). The number of esters is 1. The number of ether oxygens (including phenoxy) is 2. The van der Waals surface area contributed by atoms with Crippen LogP contribution in [0.1, 0.15) is 68.3 Å². The average molecular weight is 473 g/mol. The summed E-state index contributed by atoms with van der Waals surface area (Å²) in [5.74, 6) is 1.10. The molecule has 0 unspecified atom stereocenters. The van der Waals surface area contributed by atoms with Crippen molar-refractivity contribution in [2.75, 3.05) is 6.61 Å². The summed E-state index contributed by atoms with van der Waals surface area (Å²) in [7, 11) is 0. The normalized spacial score (nSPS) is 11.6. The number of nitrogens with zero attached hydrogens (tertiary/aromatic N) is 2. The second-order valence-electron chi connectivity index (χ2n) is 8.92. The maximum atomic E-state index is 12.5. The van der Waals surface area contributed by atoms with Crippen LogP contribution in [0.25, 0.3) is 11.3 Å². The van der Waals surface area contributed by atoms with Gasteiger partial charge >= 0.3 is 5.97 Å². The van der Waals surface area contributed by atoms with Crippen molar-refractivity contribution >= 4 is 5.97 Å². The zero-order chi connectivity index (χ0) is 24.9. The van der Waals surface area contributed by atoms with Gasteiger partial charge in [0.1, 0.15) is 5.75 Å². The summed E-state index contributed by atoms with van der Waals surface area (Å²) in [5.41, 5.74) is 3.35. The van der Waals surface area contributed by atoms with Crippen LogP contribution in [0.4, 0.5) is 0 Å². The van der Waals surface area contributed by atoms with Crippen molar-refractivity contribution in [3.63, 3.8) is 0 Å². The highest BCUT2D eigenvalue weighted by Gasteiger charge is 2.11. The van der Waals surface area contributed by atoms with Crippen LogP contribution in [-0.4, -0.2) is 22.5 Å². The second-order valence-corrected chi connectivity index (χ2v) is 8.92. The van der Waals surface area contributed by atoms with Gasteiger partial charge in [0.05, 0.1) is 30.3 Å². The molecule has 0 radical (unpaired) electrons. The predicted molar refractivity (Wildman–Crippen MR) is 141 cm³/mol. The van der Waals surface area contributed by atoms with Gasteiger partial charge in [-0.2, -0.15) is 0 Å². The molecule has 184 valence electrons. The van der Waals surface area contributed by atoms with Crippen molar-refractivity contribution in [2.24, 2.45) is 5.92 Å². The lowest BCUT2D eigenvalue weighted by molar-refractivity contribution is 0.0727. The monoisotopic (exact) mass is 472 g/mol. The Bertz CT molecular complexity index is 1040. The molecule has 0 bridgehead atoms. The highest BCUT2D eigenvalue weighted by Crippen LogP contribution is 2.22. The third kappa shape index (κ3) is 8.67. The molecule has 0 saturated carbocycles. The van der Waals surface area contributed by atoms with E-state index in [4.69, 9.17) is 9.47 Å². The van der Waals surface area contributed by atoms with Crippen LogP contribution in [0.15, 0.2) is 73.6 Å². The standard InChI is InChI=1S/C30H36N2O3/c1-4-6-7-8-9-10-11-24-12-14-26(15-13-24)30(33)35-29-21-31-28(20-32-29)25-16-18-27(19-17-25)34-22-23(3)5-2/h4,12-21,23H,1,5-11,22H2,2-3H3/t23-/m0/s1. The van der Waals surface area contributed by atoms with E-state index >= 15 is 0 Å². The van der Waals surface area contributed by atoms with Gasteiger partial charge < -0.3 is 9.47 Å². The number of rotatable bonds is 14. The first-order valence-electron chi connectivity index (χ1n) is 12.6. The van der Waals surface area contributed by atoms with Crippen LogP contribution >= 0.6 is 0 Å². The van der Waals surface area contributed by atoms with Gasteiger partial charge in [-0.1, -0.05) is 51.3 Å². The quantitative estimate of drug-likeness (QED) is 0.138. The lowest BCUT2D eigenvalue weighted by atomic mass is 10.0. The Labute approximate surface area is 209 Å². The molecule has 5 nitrogen and oxygen atoms in total. The van der Waals surface area contributed by atoms with Gasteiger partial charge in [0.25, 0.3) is 0 Å². The molecule has 35 heavy (non-hydrogen) atoms. The minimum absolute atomic E-state index is 0.177. The van der Waals surface area contributed by atoms with Crippen molar-refractivity contribution in [3.8, 4) is 22.9 Å². The fraction of sp³-hybridized carbons (Fsp3) is 0.367. The Morgan fingerprint density at radius 1 is 0.971 bits per heavy atom. The topological polar surface area (TPSA) is 61.3 Å². The number of hydrogen-bond acceptors (Lipinski definition) is 5. The van der Waals surface area contributed by atoms with Crippen molar-refractivity contribution in [1.82, 2.24) is 9.97 Å². The smallest absolute Gasteiger partial charge is 0.344 e. The first kappa shape index (κ1) is 26.1. The molecule has 0 spiro atoms. The maximum Gasteiger partial charge on any atom is 0.344 e. The van der Waals surface area contributed by atoms with E-state index in [2.05, 4.69) is 30.4 Å². The molecule has 0 aliphatic carbocycles. The third-order valence-corrected chi connectivity index (χ3v) is 6.02. The van der Waals surface area contributed by atoms with E-state index in [0.717, 1.165) is 37.0 Å². The van der Waals surface area contributed by atoms with Gasteiger partial charge in [0.15, 0.2) is 0 Å². The molecule has 1 atom stereocenters. The molecule has 0 N–H and O–H groups in total. The maximum absolute atomic E-state index is 12.5. The zero-order valence-corrected chi connectivity index (χ0v) is 20.9. The number of benzene rings is 2. The Morgan fingerprint density at radius 2 is 1.71 bits per heavy atom. The second kappa shape index (κ2) is 14.1. The summed E-state index contributed by atoms with van der Waals surface area (Å²) >= 11 is 0. The fourth-order valence-corrected chi connectivity index (χ4v) is 3.53. The molecule has 3 aromatic rings. The Balaban J connectivity index is 1.48. The molecule has 0 fully saturated rings. The molecule has 0 amide bonds. The summed E-state index contributed by atoms with van der Waals surface area (Å²) in [6.45, 7) is 8.78. The molecule has 0 aliphatic heterocycles. The molecular formula is C30H36N2O3. The third-order valence-electron chi connectivity index (χ3n) is 6.02. The van der Waals surface area contributed by atoms with Gasteiger partial charge in [-0.3, -0.25) is 0 Å². The molecule has 0 aliphatic rings. The van der Waals surface area contributed by atoms with Gasteiger partial charge in [-0.25, -0.2) is 14.8 Å². The number of aryl methyl sites for hydroxylation is 1. The van der Waals surface area contributed by atoms with Crippen LogP contribution in [0, 0.1) is 5.92 Å². The van der Waals surface area contributed by atoms with Crippen molar-refractivity contribution in [3.05, 3.63) is 84.7 Å². The Morgan fingerprint density at radius 3 is 2.37 bits per heavy atom. The molecular weight excluding hydrogens is 436 g/mol. The van der Waals surface area contributed by atoms with E-state index in [1.807, 2.05) is 54.6 Å². The van der Waals surface area contributed by atoms with Gasteiger partial charge in [-0.05, 0) is 73.6 Å². The van der Waals surface area contributed by atoms with Crippen LogP contribution in [0.2, 0.25) is 0 Å². The number of hydrogen-bond donors (Lipinski definition) is 0.